The minimum Gasteiger partial charge on any atom is -0.320 e. The molecule has 0 aromatic heterocycles. The lowest BCUT2D eigenvalue weighted by atomic mass is 10.1. The summed E-state index contributed by atoms with van der Waals surface area (Å²) in [4.78, 5) is 23.4. The van der Waals surface area contributed by atoms with Gasteiger partial charge in [0.15, 0.2) is 0 Å². The van der Waals surface area contributed by atoms with Gasteiger partial charge in [-0.05, 0) is 43.2 Å². The molecule has 0 saturated heterocycles. The van der Waals surface area contributed by atoms with Gasteiger partial charge >= 0.3 is 0 Å². The number of carbonyl (C=O) groups is 1. The Bertz CT molecular complexity index is 716. The Kier molecular flexibility index (Phi) is 5.16. The molecule has 1 N–H and O–H groups in total. The largest absolute Gasteiger partial charge is 0.320 e. The van der Waals surface area contributed by atoms with Crippen molar-refractivity contribution >= 4 is 29.0 Å². The van der Waals surface area contributed by atoms with E-state index in [2.05, 4.69) is 5.32 Å². The summed E-state index contributed by atoms with van der Waals surface area (Å²) in [5, 5.41) is 13.5. The molecule has 2 rings (SSSR count). The van der Waals surface area contributed by atoms with E-state index in [4.69, 9.17) is 0 Å². The van der Waals surface area contributed by atoms with Crippen LogP contribution in [-0.2, 0) is 4.79 Å². The summed E-state index contributed by atoms with van der Waals surface area (Å²) < 4.78 is 0. The molecule has 0 aliphatic heterocycles. The molecule has 2 aromatic rings. The van der Waals surface area contributed by atoms with Crippen molar-refractivity contribution < 1.29 is 9.72 Å². The lowest BCUT2D eigenvalue weighted by Crippen LogP contribution is -2.15. The zero-order valence-corrected chi connectivity index (χ0v) is 13.1. The number of nitrogens with zero attached hydrogens (tertiary/aromatic N) is 1. The van der Waals surface area contributed by atoms with Crippen molar-refractivity contribution in [1.82, 2.24) is 0 Å². The molecule has 6 heteroatoms. The number of nitrogens with one attached hydrogen (secondary N) is 1. The number of hydrogen-bond acceptors (Lipinski definition) is 4. The second-order valence-electron chi connectivity index (χ2n) is 4.86. The second kappa shape index (κ2) is 7.09. The maximum absolute atomic E-state index is 12.0. The van der Waals surface area contributed by atoms with Crippen LogP contribution in [0.4, 0.5) is 11.4 Å². The van der Waals surface area contributed by atoms with Crippen LogP contribution in [0.2, 0.25) is 0 Å². The van der Waals surface area contributed by atoms with E-state index in [1.165, 1.54) is 35.0 Å². The SMILES string of the molecule is Cc1ccc(SCC(=O)Nc2ccccc2[N+](=O)[O-])cc1C. The second-order valence-corrected chi connectivity index (χ2v) is 5.91. The molecule has 0 radical (unpaired) electrons. The molecule has 0 aliphatic rings. The quantitative estimate of drug-likeness (QED) is 0.515. The molecule has 0 heterocycles. The number of amides is 1. The summed E-state index contributed by atoms with van der Waals surface area (Å²) in [6, 6.07) is 12.1. The molecule has 0 bridgehead atoms. The van der Waals surface area contributed by atoms with Crippen LogP contribution < -0.4 is 5.32 Å². The fourth-order valence-corrected chi connectivity index (χ4v) is 2.67. The molecule has 114 valence electrons. The van der Waals surface area contributed by atoms with Crippen LogP contribution in [0.25, 0.3) is 0 Å². The molecule has 1 amide bonds. The molecular formula is C16H16N2O3S. The predicted octanol–water partition coefficient (Wildman–Crippen LogP) is 3.94. The lowest BCUT2D eigenvalue weighted by molar-refractivity contribution is -0.383. The molecular weight excluding hydrogens is 300 g/mol. The summed E-state index contributed by atoms with van der Waals surface area (Å²) in [6.45, 7) is 4.05. The third-order valence-corrected chi connectivity index (χ3v) is 4.22. The third-order valence-electron chi connectivity index (χ3n) is 3.22. The molecule has 0 atom stereocenters. The van der Waals surface area contributed by atoms with Gasteiger partial charge in [0.2, 0.25) is 5.91 Å². The van der Waals surface area contributed by atoms with E-state index in [-0.39, 0.29) is 23.0 Å². The van der Waals surface area contributed by atoms with Crippen LogP contribution in [-0.4, -0.2) is 16.6 Å². The smallest absolute Gasteiger partial charge is 0.292 e. The molecule has 0 saturated carbocycles. The number of para-hydroxylation sites is 2. The number of hydrogen-bond donors (Lipinski definition) is 1. The number of rotatable bonds is 5. The van der Waals surface area contributed by atoms with E-state index < -0.39 is 4.92 Å². The first-order chi connectivity index (χ1) is 10.5. The van der Waals surface area contributed by atoms with E-state index in [0.29, 0.717) is 0 Å². The minimum absolute atomic E-state index is 0.105. The van der Waals surface area contributed by atoms with Gasteiger partial charge in [-0.15, -0.1) is 11.8 Å². The summed E-state index contributed by atoms with van der Waals surface area (Å²) in [6.07, 6.45) is 0. The Labute approximate surface area is 132 Å². The van der Waals surface area contributed by atoms with E-state index >= 15 is 0 Å². The molecule has 0 unspecified atom stereocenters. The van der Waals surface area contributed by atoms with Crippen LogP contribution in [0.1, 0.15) is 11.1 Å². The molecule has 22 heavy (non-hydrogen) atoms. The zero-order chi connectivity index (χ0) is 16.1. The first-order valence-corrected chi connectivity index (χ1v) is 7.69. The van der Waals surface area contributed by atoms with Crippen molar-refractivity contribution in [3.63, 3.8) is 0 Å². The predicted molar refractivity (Wildman–Crippen MR) is 88.4 cm³/mol. The van der Waals surface area contributed by atoms with Crippen molar-refractivity contribution in [1.29, 1.82) is 0 Å². The van der Waals surface area contributed by atoms with Gasteiger partial charge in [-0.3, -0.25) is 14.9 Å². The van der Waals surface area contributed by atoms with Crippen molar-refractivity contribution in [3.8, 4) is 0 Å². The molecule has 2 aromatic carbocycles. The lowest BCUT2D eigenvalue weighted by Gasteiger charge is -2.07. The number of benzene rings is 2. The van der Waals surface area contributed by atoms with Gasteiger partial charge in [0, 0.05) is 11.0 Å². The highest BCUT2D eigenvalue weighted by atomic mass is 32.2. The van der Waals surface area contributed by atoms with Gasteiger partial charge in [0.25, 0.3) is 5.69 Å². The molecule has 0 aliphatic carbocycles. The Morgan fingerprint density at radius 2 is 1.91 bits per heavy atom. The highest BCUT2D eigenvalue weighted by Gasteiger charge is 2.14. The molecule has 5 nitrogen and oxygen atoms in total. The Balaban J connectivity index is 1.99. The van der Waals surface area contributed by atoms with Crippen LogP contribution >= 0.6 is 11.8 Å². The molecule has 0 spiro atoms. The highest BCUT2D eigenvalue weighted by molar-refractivity contribution is 8.00. The summed E-state index contributed by atoms with van der Waals surface area (Å²) in [7, 11) is 0. The fourth-order valence-electron chi connectivity index (χ4n) is 1.88. The van der Waals surface area contributed by atoms with Crippen molar-refractivity contribution in [2.45, 2.75) is 18.7 Å². The number of carbonyl (C=O) groups excluding carboxylic acids is 1. The Hall–Kier alpha value is -2.34. The number of thioether (sulfide) groups is 1. The maximum Gasteiger partial charge on any atom is 0.292 e. The molecule has 0 fully saturated rings. The van der Waals surface area contributed by atoms with Gasteiger partial charge in [0.1, 0.15) is 5.69 Å². The van der Waals surface area contributed by atoms with Crippen molar-refractivity contribution in [2.24, 2.45) is 0 Å². The standard InChI is InChI=1S/C16H16N2O3S/c1-11-7-8-13(9-12(11)2)22-10-16(19)17-14-5-3-4-6-15(14)18(20)21/h3-9H,10H2,1-2H3,(H,17,19). The maximum atomic E-state index is 12.0. The average molecular weight is 316 g/mol. The monoisotopic (exact) mass is 316 g/mol. The summed E-state index contributed by atoms with van der Waals surface area (Å²) in [5.41, 5.74) is 2.49. The van der Waals surface area contributed by atoms with Crippen LogP contribution in [0.3, 0.4) is 0 Å². The minimum atomic E-state index is -0.508. The number of aryl methyl sites for hydroxylation is 2. The number of anilines is 1. The van der Waals surface area contributed by atoms with Gasteiger partial charge in [-0.2, -0.15) is 0 Å². The zero-order valence-electron chi connectivity index (χ0n) is 12.3. The average Bonchev–Trinajstić information content (AvgIpc) is 2.49. The Morgan fingerprint density at radius 3 is 2.59 bits per heavy atom. The van der Waals surface area contributed by atoms with Crippen molar-refractivity contribution in [2.75, 3.05) is 11.1 Å². The third kappa shape index (κ3) is 4.08. The first-order valence-electron chi connectivity index (χ1n) is 6.70. The topological polar surface area (TPSA) is 72.2 Å². The van der Waals surface area contributed by atoms with Crippen LogP contribution in [0, 0.1) is 24.0 Å². The van der Waals surface area contributed by atoms with Gasteiger partial charge in [0.05, 0.1) is 10.7 Å². The number of nitro groups is 1. The van der Waals surface area contributed by atoms with Crippen LogP contribution in [0.5, 0.6) is 0 Å². The first kappa shape index (κ1) is 16.0. The van der Waals surface area contributed by atoms with E-state index in [0.717, 1.165) is 4.90 Å². The summed E-state index contributed by atoms with van der Waals surface area (Å²) >= 11 is 1.40. The van der Waals surface area contributed by atoms with Gasteiger partial charge in [-0.1, -0.05) is 18.2 Å². The van der Waals surface area contributed by atoms with Gasteiger partial charge in [-0.25, -0.2) is 0 Å². The Morgan fingerprint density at radius 1 is 1.18 bits per heavy atom. The van der Waals surface area contributed by atoms with E-state index in [1.54, 1.807) is 12.1 Å². The number of nitro benzene ring substituents is 1. The van der Waals surface area contributed by atoms with Crippen molar-refractivity contribution in [3.05, 3.63) is 63.7 Å². The highest BCUT2D eigenvalue weighted by Crippen LogP contribution is 2.25. The fraction of sp³-hybridized carbons (Fsp3) is 0.188. The van der Waals surface area contributed by atoms with E-state index in [1.807, 2.05) is 32.0 Å². The van der Waals surface area contributed by atoms with Gasteiger partial charge < -0.3 is 5.32 Å². The van der Waals surface area contributed by atoms with E-state index in [9.17, 15) is 14.9 Å². The normalized spacial score (nSPS) is 10.3. The van der Waals surface area contributed by atoms with Crippen LogP contribution in [0.15, 0.2) is 47.4 Å². The summed E-state index contributed by atoms with van der Waals surface area (Å²) in [5.74, 6) is -0.0633.